The highest BCUT2D eigenvalue weighted by molar-refractivity contribution is 14.0. The zero-order valence-corrected chi connectivity index (χ0v) is 15.5. The number of aliphatic imine (C=N–C) groups is 1. The van der Waals surface area contributed by atoms with Crippen molar-refractivity contribution in [1.29, 1.82) is 0 Å². The van der Waals surface area contributed by atoms with Crippen LogP contribution >= 0.6 is 24.0 Å². The lowest BCUT2D eigenvalue weighted by molar-refractivity contribution is 0.491. The molecule has 0 radical (unpaired) electrons. The van der Waals surface area contributed by atoms with Gasteiger partial charge in [0.1, 0.15) is 5.82 Å². The highest BCUT2D eigenvalue weighted by Crippen LogP contribution is 2.48. The van der Waals surface area contributed by atoms with Crippen molar-refractivity contribution in [1.82, 2.24) is 10.2 Å². The summed E-state index contributed by atoms with van der Waals surface area (Å²) in [4.78, 5) is 7.18. The van der Waals surface area contributed by atoms with Gasteiger partial charge in [0, 0.05) is 25.0 Å². The Morgan fingerprint density at radius 1 is 1.32 bits per heavy atom. The van der Waals surface area contributed by atoms with E-state index in [9.17, 15) is 4.39 Å². The fraction of sp³-hybridized carbons (Fsp3) is 0.588. The van der Waals surface area contributed by atoms with Crippen LogP contribution in [0.1, 0.15) is 38.2 Å². The summed E-state index contributed by atoms with van der Waals surface area (Å²) in [6, 6.07) is 7.02. The second-order valence-corrected chi connectivity index (χ2v) is 6.15. The first-order valence-electron chi connectivity index (χ1n) is 8.03. The largest absolute Gasteiger partial charge is 0.357 e. The van der Waals surface area contributed by atoms with Gasteiger partial charge in [0.15, 0.2) is 5.96 Å². The molecule has 1 aromatic rings. The average Bonchev–Trinajstić information content (AvgIpc) is 3.08. The van der Waals surface area contributed by atoms with Crippen LogP contribution in [0.5, 0.6) is 0 Å². The minimum Gasteiger partial charge on any atom is -0.357 e. The molecule has 1 N–H and O–H groups in total. The number of hydrogen-bond donors (Lipinski definition) is 1. The fourth-order valence-electron chi connectivity index (χ4n) is 3.09. The molecule has 0 amide bonds. The second kappa shape index (κ2) is 7.62. The molecule has 2 fully saturated rings. The molecule has 1 saturated heterocycles. The Labute approximate surface area is 149 Å². The lowest BCUT2D eigenvalue weighted by atomic mass is 9.96. The maximum atomic E-state index is 13.4. The van der Waals surface area contributed by atoms with Gasteiger partial charge in [-0.3, -0.25) is 4.99 Å². The lowest BCUT2D eigenvalue weighted by Crippen LogP contribution is -2.40. The van der Waals surface area contributed by atoms with Crippen molar-refractivity contribution < 1.29 is 4.39 Å². The predicted molar refractivity (Wildman–Crippen MR) is 99.5 cm³/mol. The highest BCUT2D eigenvalue weighted by atomic mass is 127. The molecule has 1 saturated carbocycles. The average molecular weight is 417 g/mol. The summed E-state index contributed by atoms with van der Waals surface area (Å²) in [7, 11) is 0. The standard InChI is InChI=1S/C17H24FN3.HI/c1-2-19-16(21-10-3-4-11-21)20-13-17(8-9-17)14-6-5-7-15(18)12-14;/h5-7,12H,2-4,8-11,13H2,1H3,(H,19,20);1H. The van der Waals surface area contributed by atoms with Crippen LogP contribution in [0.2, 0.25) is 0 Å². The van der Waals surface area contributed by atoms with Crippen molar-refractivity contribution in [3.8, 4) is 0 Å². The van der Waals surface area contributed by atoms with Crippen LogP contribution in [-0.2, 0) is 5.41 Å². The van der Waals surface area contributed by atoms with E-state index in [0.717, 1.165) is 50.5 Å². The van der Waals surface area contributed by atoms with Gasteiger partial charge in [-0.15, -0.1) is 24.0 Å². The molecular weight excluding hydrogens is 392 g/mol. The number of guanidine groups is 1. The molecule has 2 aliphatic rings. The quantitative estimate of drug-likeness (QED) is 0.461. The normalized spacial score (nSPS) is 19.7. The van der Waals surface area contributed by atoms with Gasteiger partial charge in [-0.05, 0) is 50.3 Å². The molecule has 0 bridgehead atoms. The Morgan fingerprint density at radius 2 is 2.05 bits per heavy atom. The summed E-state index contributed by atoms with van der Waals surface area (Å²) >= 11 is 0. The Bertz CT molecular complexity index is 522. The summed E-state index contributed by atoms with van der Waals surface area (Å²) in [6.07, 6.45) is 4.72. The van der Waals surface area contributed by atoms with E-state index < -0.39 is 0 Å². The Hall–Kier alpha value is -0.850. The summed E-state index contributed by atoms with van der Waals surface area (Å²) in [6.45, 7) is 5.94. The van der Waals surface area contributed by atoms with E-state index in [1.54, 1.807) is 12.1 Å². The van der Waals surface area contributed by atoms with E-state index >= 15 is 0 Å². The molecule has 1 aromatic carbocycles. The molecule has 3 nitrogen and oxygen atoms in total. The minimum atomic E-state index is -0.144. The molecule has 1 heterocycles. The molecular formula is C17H25FIN3. The van der Waals surface area contributed by atoms with Crippen molar-refractivity contribution in [2.75, 3.05) is 26.2 Å². The van der Waals surface area contributed by atoms with Gasteiger partial charge in [-0.1, -0.05) is 12.1 Å². The minimum absolute atomic E-state index is 0. The van der Waals surface area contributed by atoms with Gasteiger partial charge in [0.25, 0.3) is 0 Å². The van der Waals surface area contributed by atoms with Crippen molar-refractivity contribution in [2.45, 2.75) is 38.0 Å². The molecule has 22 heavy (non-hydrogen) atoms. The third-order valence-corrected chi connectivity index (χ3v) is 4.56. The third kappa shape index (κ3) is 3.91. The Kier molecular flexibility index (Phi) is 6.06. The van der Waals surface area contributed by atoms with Crippen molar-refractivity contribution in [3.63, 3.8) is 0 Å². The molecule has 0 atom stereocenters. The zero-order chi connectivity index (χ0) is 14.7. The fourth-order valence-corrected chi connectivity index (χ4v) is 3.09. The molecule has 0 spiro atoms. The van der Waals surface area contributed by atoms with E-state index in [4.69, 9.17) is 4.99 Å². The molecule has 1 aliphatic heterocycles. The van der Waals surface area contributed by atoms with E-state index in [1.165, 1.54) is 18.9 Å². The number of nitrogens with one attached hydrogen (secondary N) is 1. The van der Waals surface area contributed by atoms with Crippen LogP contribution < -0.4 is 5.32 Å². The van der Waals surface area contributed by atoms with E-state index in [-0.39, 0.29) is 35.2 Å². The first-order chi connectivity index (χ1) is 10.2. The lowest BCUT2D eigenvalue weighted by Gasteiger charge is -2.22. The van der Waals surface area contributed by atoms with Crippen LogP contribution in [0, 0.1) is 5.82 Å². The summed E-state index contributed by atoms with van der Waals surface area (Å²) in [5.41, 5.74) is 1.17. The first-order valence-corrected chi connectivity index (χ1v) is 8.03. The van der Waals surface area contributed by atoms with E-state index in [1.807, 2.05) is 6.07 Å². The molecule has 0 unspecified atom stereocenters. The number of hydrogen-bond acceptors (Lipinski definition) is 1. The highest BCUT2D eigenvalue weighted by Gasteiger charge is 2.44. The summed E-state index contributed by atoms with van der Waals surface area (Å²) in [5.74, 6) is 0.881. The third-order valence-electron chi connectivity index (χ3n) is 4.56. The van der Waals surface area contributed by atoms with Gasteiger partial charge in [0.2, 0.25) is 0 Å². The van der Waals surface area contributed by atoms with Crippen molar-refractivity contribution in [2.24, 2.45) is 4.99 Å². The summed E-state index contributed by atoms with van der Waals surface area (Å²) < 4.78 is 13.4. The Morgan fingerprint density at radius 3 is 2.64 bits per heavy atom. The van der Waals surface area contributed by atoms with Gasteiger partial charge < -0.3 is 10.2 Å². The monoisotopic (exact) mass is 417 g/mol. The van der Waals surface area contributed by atoms with Crippen molar-refractivity contribution in [3.05, 3.63) is 35.6 Å². The van der Waals surface area contributed by atoms with Gasteiger partial charge in [-0.2, -0.15) is 0 Å². The number of rotatable bonds is 4. The Balaban J connectivity index is 0.00000176. The number of likely N-dealkylation sites (tertiary alicyclic amines) is 1. The smallest absolute Gasteiger partial charge is 0.193 e. The van der Waals surface area contributed by atoms with E-state index in [0.29, 0.717) is 0 Å². The molecule has 0 aromatic heterocycles. The zero-order valence-electron chi connectivity index (χ0n) is 13.1. The molecule has 1 aliphatic carbocycles. The number of benzene rings is 1. The maximum absolute atomic E-state index is 13.4. The van der Waals surface area contributed by atoms with Crippen LogP contribution in [-0.4, -0.2) is 37.0 Å². The topological polar surface area (TPSA) is 27.6 Å². The van der Waals surface area contributed by atoms with Crippen molar-refractivity contribution >= 4 is 29.9 Å². The second-order valence-electron chi connectivity index (χ2n) is 6.15. The number of halogens is 2. The maximum Gasteiger partial charge on any atom is 0.193 e. The molecule has 3 rings (SSSR count). The molecule has 122 valence electrons. The SMILES string of the molecule is CCNC(=NCC1(c2cccc(F)c2)CC1)N1CCCC1.I. The van der Waals surface area contributed by atoms with Crippen LogP contribution in [0.4, 0.5) is 4.39 Å². The van der Waals surface area contributed by atoms with Crippen LogP contribution in [0.3, 0.4) is 0 Å². The first kappa shape index (κ1) is 17.5. The van der Waals surface area contributed by atoms with Crippen LogP contribution in [0.25, 0.3) is 0 Å². The summed E-state index contributed by atoms with van der Waals surface area (Å²) in [5, 5.41) is 3.39. The van der Waals surface area contributed by atoms with Gasteiger partial charge in [0.05, 0.1) is 6.54 Å². The molecule has 5 heteroatoms. The number of nitrogens with zero attached hydrogens (tertiary/aromatic N) is 2. The van der Waals surface area contributed by atoms with Gasteiger partial charge in [-0.25, -0.2) is 4.39 Å². The van der Waals surface area contributed by atoms with Crippen LogP contribution in [0.15, 0.2) is 29.3 Å². The van der Waals surface area contributed by atoms with E-state index in [2.05, 4.69) is 17.1 Å². The predicted octanol–water partition coefficient (Wildman–Crippen LogP) is 3.54. The van der Waals surface area contributed by atoms with Gasteiger partial charge >= 0.3 is 0 Å².